The van der Waals surface area contributed by atoms with Crippen LogP contribution in [0.3, 0.4) is 0 Å². The third kappa shape index (κ3) is 3.19. The number of carbonyl (C=O) groups excluding carboxylic acids is 1. The van der Waals surface area contributed by atoms with E-state index in [1.54, 1.807) is 0 Å². The summed E-state index contributed by atoms with van der Waals surface area (Å²) in [5.41, 5.74) is -0.321. The molecule has 0 saturated heterocycles. The van der Waals surface area contributed by atoms with E-state index < -0.39 is 17.7 Å². The van der Waals surface area contributed by atoms with Crippen molar-refractivity contribution in [2.75, 3.05) is 13.2 Å². The number of amides is 1. The summed E-state index contributed by atoms with van der Waals surface area (Å²) < 4.78 is 16.4. The van der Waals surface area contributed by atoms with Crippen LogP contribution in [0.25, 0.3) is 0 Å². The minimum absolute atomic E-state index is 0.177. The molecule has 7 heteroatoms. The Morgan fingerprint density at radius 1 is 1.50 bits per heavy atom. The lowest BCUT2D eigenvalue weighted by atomic mass is 10.3. The lowest BCUT2D eigenvalue weighted by Crippen LogP contribution is -2.28. The Kier molecular flexibility index (Phi) is 4.19. The van der Waals surface area contributed by atoms with Crippen LogP contribution < -0.4 is 10.1 Å². The van der Waals surface area contributed by atoms with Gasteiger partial charge in [0.2, 0.25) is 5.75 Å². The molecule has 0 bridgehead atoms. The SMILES string of the molecule is O=C(NCCF)Oc1ccccc1[N+](=O)[O-]. The number of nitro benzene ring substituents is 1. The van der Waals surface area contributed by atoms with Crippen molar-refractivity contribution < 1.29 is 18.8 Å². The number of carbonyl (C=O) groups is 1. The first-order valence-corrected chi connectivity index (χ1v) is 4.40. The maximum absolute atomic E-state index is 11.7. The van der Waals surface area contributed by atoms with E-state index >= 15 is 0 Å². The van der Waals surface area contributed by atoms with Crippen LogP contribution in [0.4, 0.5) is 14.9 Å². The molecule has 0 aliphatic carbocycles. The van der Waals surface area contributed by atoms with Gasteiger partial charge in [0.05, 0.1) is 4.92 Å². The summed E-state index contributed by atoms with van der Waals surface area (Å²) in [4.78, 5) is 20.9. The van der Waals surface area contributed by atoms with Gasteiger partial charge in [0.25, 0.3) is 0 Å². The van der Waals surface area contributed by atoms with Gasteiger partial charge < -0.3 is 10.1 Å². The molecular formula is C9H9FN2O4. The van der Waals surface area contributed by atoms with Crippen LogP contribution >= 0.6 is 0 Å². The van der Waals surface area contributed by atoms with Crippen LogP contribution in [0.5, 0.6) is 5.75 Å². The van der Waals surface area contributed by atoms with Gasteiger partial charge >= 0.3 is 11.8 Å². The molecule has 0 aromatic heterocycles. The molecule has 0 unspecified atom stereocenters. The Hall–Kier alpha value is -2.18. The van der Waals surface area contributed by atoms with Crippen LogP contribution in [-0.2, 0) is 0 Å². The monoisotopic (exact) mass is 228 g/mol. The number of halogens is 1. The average molecular weight is 228 g/mol. The van der Waals surface area contributed by atoms with E-state index in [0.717, 1.165) is 0 Å². The molecule has 1 rings (SSSR count). The number of benzene rings is 1. The van der Waals surface area contributed by atoms with Gasteiger partial charge in [-0.2, -0.15) is 0 Å². The average Bonchev–Trinajstić information content (AvgIpc) is 2.27. The van der Waals surface area contributed by atoms with E-state index in [2.05, 4.69) is 10.1 Å². The molecule has 0 spiro atoms. The first-order valence-electron chi connectivity index (χ1n) is 4.40. The Balaban J connectivity index is 2.73. The number of nitrogens with zero attached hydrogens (tertiary/aromatic N) is 1. The molecule has 0 radical (unpaired) electrons. The van der Waals surface area contributed by atoms with Crippen molar-refractivity contribution in [3.8, 4) is 5.75 Å². The minimum atomic E-state index is -0.924. The van der Waals surface area contributed by atoms with Crippen LogP contribution in [0, 0.1) is 10.1 Å². The number of alkyl halides is 1. The lowest BCUT2D eigenvalue weighted by molar-refractivity contribution is -0.385. The number of nitro groups is 1. The van der Waals surface area contributed by atoms with Gasteiger partial charge in [-0.15, -0.1) is 0 Å². The number of hydrogen-bond acceptors (Lipinski definition) is 4. The van der Waals surface area contributed by atoms with E-state index in [0.29, 0.717) is 0 Å². The molecule has 0 fully saturated rings. The molecule has 1 aromatic rings. The second kappa shape index (κ2) is 5.64. The summed E-state index contributed by atoms with van der Waals surface area (Å²) in [5.74, 6) is -0.177. The topological polar surface area (TPSA) is 81.5 Å². The Bertz CT molecular complexity index is 397. The van der Waals surface area contributed by atoms with Gasteiger partial charge in [-0.05, 0) is 6.07 Å². The maximum atomic E-state index is 11.7. The van der Waals surface area contributed by atoms with Crippen molar-refractivity contribution in [1.29, 1.82) is 0 Å². The Morgan fingerprint density at radius 3 is 2.81 bits per heavy atom. The van der Waals surface area contributed by atoms with Crippen molar-refractivity contribution in [1.82, 2.24) is 5.32 Å². The molecule has 0 heterocycles. The van der Waals surface area contributed by atoms with Crippen molar-refractivity contribution >= 4 is 11.8 Å². The van der Waals surface area contributed by atoms with E-state index in [-0.39, 0.29) is 18.0 Å². The lowest BCUT2D eigenvalue weighted by Gasteiger charge is -2.04. The highest BCUT2D eigenvalue weighted by Gasteiger charge is 2.16. The molecule has 86 valence electrons. The zero-order valence-corrected chi connectivity index (χ0v) is 8.18. The fourth-order valence-electron chi connectivity index (χ4n) is 0.980. The van der Waals surface area contributed by atoms with E-state index in [4.69, 9.17) is 0 Å². The first kappa shape index (κ1) is 11.9. The van der Waals surface area contributed by atoms with Crippen LogP contribution in [0.1, 0.15) is 0 Å². The largest absolute Gasteiger partial charge is 0.412 e. The molecule has 0 aliphatic rings. The zero-order chi connectivity index (χ0) is 12.0. The molecule has 1 aromatic carbocycles. The van der Waals surface area contributed by atoms with Gasteiger partial charge in [-0.1, -0.05) is 12.1 Å². The summed E-state index contributed by atoms with van der Waals surface area (Å²) in [6.45, 7) is -0.925. The summed E-state index contributed by atoms with van der Waals surface area (Å²) in [7, 11) is 0. The highest BCUT2D eigenvalue weighted by Crippen LogP contribution is 2.25. The number of para-hydroxylation sites is 2. The Labute approximate surface area is 90.2 Å². The molecule has 6 nitrogen and oxygen atoms in total. The number of ether oxygens (including phenoxy) is 1. The predicted molar refractivity (Wildman–Crippen MR) is 53.1 cm³/mol. The van der Waals surface area contributed by atoms with E-state index in [1.807, 2.05) is 0 Å². The minimum Gasteiger partial charge on any atom is -0.403 e. The van der Waals surface area contributed by atoms with Gasteiger partial charge in [0.15, 0.2) is 0 Å². The summed E-state index contributed by atoms with van der Waals surface area (Å²) in [5, 5.41) is 12.6. The first-order chi connectivity index (χ1) is 7.65. The van der Waals surface area contributed by atoms with Crippen LogP contribution in [0.15, 0.2) is 24.3 Å². The molecule has 0 saturated carbocycles. The summed E-state index contributed by atoms with van der Waals surface area (Å²) in [6, 6.07) is 5.43. The molecular weight excluding hydrogens is 219 g/mol. The normalized spacial score (nSPS) is 9.56. The van der Waals surface area contributed by atoms with Gasteiger partial charge in [0.1, 0.15) is 6.67 Å². The molecule has 1 N–H and O–H groups in total. The predicted octanol–water partition coefficient (Wildman–Crippen LogP) is 1.65. The maximum Gasteiger partial charge on any atom is 0.412 e. The second-order valence-corrected chi connectivity index (χ2v) is 2.73. The quantitative estimate of drug-likeness (QED) is 0.627. The molecule has 1 amide bonds. The second-order valence-electron chi connectivity index (χ2n) is 2.73. The highest BCUT2D eigenvalue weighted by molar-refractivity contribution is 5.71. The van der Waals surface area contributed by atoms with Gasteiger partial charge in [-0.25, -0.2) is 9.18 Å². The zero-order valence-electron chi connectivity index (χ0n) is 8.18. The van der Waals surface area contributed by atoms with E-state index in [9.17, 15) is 19.3 Å². The fraction of sp³-hybridized carbons (Fsp3) is 0.222. The number of nitrogens with one attached hydrogen (secondary N) is 1. The van der Waals surface area contributed by atoms with Crippen LogP contribution in [0.2, 0.25) is 0 Å². The number of rotatable bonds is 4. The van der Waals surface area contributed by atoms with Crippen LogP contribution in [-0.4, -0.2) is 24.2 Å². The summed E-state index contributed by atoms with van der Waals surface area (Å²) in [6.07, 6.45) is -0.924. The number of hydrogen-bond donors (Lipinski definition) is 1. The Morgan fingerprint density at radius 2 is 2.19 bits per heavy atom. The third-order valence-corrected chi connectivity index (χ3v) is 1.63. The standard InChI is InChI=1S/C9H9FN2O4/c10-5-6-11-9(13)16-8-4-2-1-3-7(8)12(14)15/h1-4H,5-6H2,(H,11,13). The van der Waals surface area contributed by atoms with Crippen molar-refractivity contribution in [3.05, 3.63) is 34.4 Å². The third-order valence-electron chi connectivity index (χ3n) is 1.63. The smallest absolute Gasteiger partial charge is 0.403 e. The highest BCUT2D eigenvalue weighted by atomic mass is 19.1. The molecule has 0 atom stereocenters. The van der Waals surface area contributed by atoms with Crippen molar-refractivity contribution in [2.24, 2.45) is 0 Å². The fourth-order valence-corrected chi connectivity index (χ4v) is 0.980. The van der Waals surface area contributed by atoms with E-state index in [1.165, 1.54) is 24.3 Å². The summed E-state index contributed by atoms with van der Waals surface area (Å²) >= 11 is 0. The van der Waals surface area contributed by atoms with Gasteiger partial charge in [-0.3, -0.25) is 10.1 Å². The van der Waals surface area contributed by atoms with Crippen molar-refractivity contribution in [3.63, 3.8) is 0 Å². The van der Waals surface area contributed by atoms with Gasteiger partial charge in [0, 0.05) is 12.6 Å². The molecule has 0 aliphatic heterocycles. The van der Waals surface area contributed by atoms with Crippen molar-refractivity contribution in [2.45, 2.75) is 0 Å². The molecule has 16 heavy (non-hydrogen) atoms.